The molecule has 0 bridgehead atoms. The smallest absolute Gasteiger partial charge is 0.326 e. The molecule has 1 unspecified atom stereocenters. The number of rotatable bonds is 8. The van der Waals surface area contributed by atoms with Crippen LogP contribution in [0, 0.1) is 0 Å². The van der Waals surface area contributed by atoms with Gasteiger partial charge in [0.2, 0.25) is 0 Å². The molecule has 1 heterocycles. The van der Waals surface area contributed by atoms with E-state index in [4.69, 9.17) is 4.74 Å². The van der Waals surface area contributed by atoms with Crippen LogP contribution in [-0.4, -0.2) is 34.7 Å². The van der Waals surface area contributed by atoms with E-state index in [2.05, 4.69) is 5.32 Å². The number of benzene rings is 2. The lowest BCUT2D eigenvalue weighted by atomic mass is 10.0. The minimum Gasteiger partial charge on any atom is -0.508 e. The van der Waals surface area contributed by atoms with Crippen LogP contribution in [0.15, 0.2) is 60.7 Å². The Morgan fingerprint density at radius 2 is 1.79 bits per heavy atom. The monoisotopic (exact) mass is 411 g/mol. The van der Waals surface area contributed by atoms with Gasteiger partial charge in [0.05, 0.1) is 6.61 Å². The molecular weight excluding hydrogens is 390 g/mol. The van der Waals surface area contributed by atoms with Crippen molar-refractivity contribution in [2.75, 3.05) is 6.61 Å². The molecule has 1 aromatic heterocycles. The number of carboxylic acids is 1. The molecule has 0 aliphatic carbocycles. The maximum atomic E-state index is 12.9. The van der Waals surface area contributed by atoms with Crippen molar-refractivity contribution < 1.29 is 24.5 Å². The maximum Gasteiger partial charge on any atom is 0.326 e. The number of nitrogens with one attached hydrogen (secondary N) is 1. The fourth-order valence-corrected chi connectivity index (χ4v) is 3.88. The van der Waals surface area contributed by atoms with E-state index < -0.39 is 17.9 Å². The number of amides is 1. The molecule has 3 aromatic rings. The van der Waals surface area contributed by atoms with Crippen LogP contribution < -0.4 is 10.1 Å². The molecule has 0 radical (unpaired) electrons. The Kier molecular flexibility index (Phi) is 6.51. The van der Waals surface area contributed by atoms with Crippen LogP contribution in [0.5, 0.6) is 11.5 Å². The Hall–Kier alpha value is -3.32. The second-order valence-corrected chi connectivity index (χ2v) is 7.35. The van der Waals surface area contributed by atoms with Crippen LogP contribution in [0.3, 0.4) is 0 Å². The van der Waals surface area contributed by atoms with Crippen molar-refractivity contribution in [3.63, 3.8) is 0 Å². The highest BCUT2D eigenvalue weighted by molar-refractivity contribution is 7.17. The Balaban J connectivity index is 1.85. The number of phenols is 1. The van der Waals surface area contributed by atoms with Crippen LogP contribution in [0.1, 0.15) is 22.2 Å². The molecule has 1 atom stereocenters. The summed E-state index contributed by atoms with van der Waals surface area (Å²) in [5, 5.41) is 22.0. The van der Waals surface area contributed by atoms with Crippen molar-refractivity contribution in [1.82, 2.24) is 5.32 Å². The number of hydrogen-bond donors (Lipinski definition) is 3. The zero-order chi connectivity index (χ0) is 20.8. The van der Waals surface area contributed by atoms with E-state index in [0.717, 1.165) is 10.4 Å². The van der Waals surface area contributed by atoms with E-state index >= 15 is 0 Å². The Morgan fingerprint density at radius 3 is 2.45 bits per heavy atom. The van der Waals surface area contributed by atoms with Crippen molar-refractivity contribution in [3.8, 4) is 21.9 Å². The van der Waals surface area contributed by atoms with Gasteiger partial charge in [-0.25, -0.2) is 4.79 Å². The van der Waals surface area contributed by atoms with Crippen molar-refractivity contribution in [3.05, 3.63) is 71.1 Å². The maximum absolute atomic E-state index is 12.9. The van der Waals surface area contributed by atoms with Gasteiger partial charge in [-0.15, -0.1) is 11.3 Å². The third kappa shape index (κ3) is 4.94. The summed E-state index contributed by atoms with van der Waals surface area (Å²) < 4.78 is 5.60. The number of ether oxygens (including phenoxy) is 1. The first kappa shape index (κ1) is 20.4. The average Bonchev–Trinajstić information content (AvgIpc) is 3.14. The normalized spacial score (nSPS) is 11.6. The van der Waals surface area contributed by atoms with Gasteiger partial charge in [0.1, 0.15) is 22.4 Å². The summed E-state index contributed by atoms with van der Waals surface area (Å²) in [5.74, 6) is -1.30. The molecule has 29 heavy (non-hydrogen) atoms. The first-order valence-electron chi connectivity index (χ1n) is 9.12. The highest BCUT2D eigenvalue weighted by Gasteiger charge is 2.25. The van der Waals surface area contributed by atoms with E-state index in [-0.39, 0.29) is 12.2 Å². The van der Waals surface area contributed by atoms with Gasteiger partial charge < -0.3 is 20.3 Å². The lowest BCUT2D eigenvalue weighted by Crippen LogP contribution is -2.42. The van der Waals surface area contributed by atoms with Gasteiger partial charge in [-0.05, 0) is 30.2 Å². The van der Waals surface area contributed by atoms with Gasteiger partial charge >= 0.3 is 5.97 Å². The number of hydrogen-bond acceptors (Lipinski definition) is 5. The van der Waals surface area contributed by atoms with Gasteiger partial charge in [-0.3, -0.25) is 4.79 Å². The Bertz CT molecular complexity index is 999. The van der Waals surface area contributed by atoms with Gasteiger partial charge in [0.15, 0.2) is 0 Å². The van der Waals surface area contributed by atoms with Crippen molar-refractivity contribution in [1.29, 1.82) is 0 Å². The number of aliphatic carboxylic acids is 1. The van der Waals surface area contributed by atoms with E-state index in [1.807, 2.05) is 37.3 Å². The number of phenolic OH excluding ortho intramolecular Hbond substituents is 1. The molecule has 3 N–H and O–H groups in total. The fourth-order valence-electron chi connectivity index (χ4n) is 2.87. The number of thiophene rings is 1. The summed E-state index contributed by atoms with van der Waals surface area (Å²) in [6.45, 7) is 2.20. The van der Waals surface area contributed by atoms with Crippen LogP contribution in [0.2, 0.25) is 0 Å². The molecule has 150 valence electrons. The summed E-state index contributed by atoms with van der Waals surface area (Å²) in [5.41, 5.74) is 1.39. The molecule has 0 fully saturated rings. The minimum atomic E-state index is -1.19. The molecule has 0 saturated heterocycles. The average molecular weight is 411 g/mol. The molecule has 1 amide bonds. The number of carbonyl (C=O) groups excluding carboxylic acids is 1. The SMILES string of the molecule is CCOc1cc(-c2ccccc2)sc1C(=O)NC(Cc1ccccc1O)C(=O)O. The predicted molar refractivity (Wildman–Crippen MR) is 112 cm³/mol. The Morgan fingerprint density at radius 1 is 1.10 bits per heavy atom. The van der Waals surface area contributed by atoms with E-state index in [0.29, 0.717) is 22.8 Å². The zero-order valence-electron chi connectivity index (χ0n) is 15.8. The van der Waals surface area contributed by atoms with Gasteiger partial charge in [0.25, 0.3) is 5.91 Å². The highest BCUT2D eigenvalue weighted by Crippen LogP contribution is 2.36. The molecule has 0 aliphatic heterocycles. The van der Waals surface area contributed by atoms with Crippen molar-refractivity contribution in [2.24, 2.45) is 0 Å². The van der Waals surface area contributed by atoms with E-state index in [1.54, 1.807) is 24.3 Å². The summed E-state index contributed by atoms with van der Waals surface area (Å²) in [4.78, 5) is 25.7. The van der Waals surface area contributed by atoms with Gasteiger partial charge in [-0.1, -0.05) is 48.5 Å². The van der Waals surface area contributed by atoms with Crippen LogP contribution in [0.25, 0.3) is 10.4 Å². The lowest BCUT2D eigenvalue weighted by molar-refractivity contribution is -0.139. The van der Waals surface area contributed by atoms with Crippen LogP contribution in [-0.2, 0) is 11.2 Å². The molecular formula is C22H21NO5S. The third-order valence-corrected chi connectivity index (χ3v) is 5.45. The molecule has 3 rings (SSSR count). The van der Waals surface area contributed by atoms with Crippen molar-refractivity contribution >= 4 is 23.2 Å². The van der Waals surface area contributed by atoms with Crippen LogP contribution in [0.4, 0.5) is 0 Å². The van der Waals surface area contributed by atoms with E-state index in [9.17, 15) is 19.8 Å². The summed E-state index contributed by atoms with van der Waals surface area (Å²) in [7, 11) is 0. The Labute approximate surface area is 172 Å². The lowest BCUT2D eigenvalue weighted by Gasteiger charge is -2.15. The van der Waals surface area contributed by atoms with E-state index in [1.165, 1.54) is 17.4 Å². The molecule has 0 saturated carbocycles. The number of carbonyl (C=O) groups is 2. The molecule has 7 heteroatoms. The second-order valence-electron chi connectivity index (χ2n) is 6.30. The van der Waals surface area contributed by atoms with Crippen molar-refractivity contribution in [2.45, 2.75) is 19.4 Å². The standard InChI is InChI=1S/C22H21NO5S/c1-2-28-18-13-19(14-8-4-3-5-9-14)29-20(18)21(25)23-16(22(26)27)12-15-10-6-7-11-17(15)24/h3-11,13,16,24H,2,12H2,1H3,(H,23,25)(H,26,27). The summed E-state index contributed by atoms with van der Waals surface area (Å²) in [6.07, 6.45) is -0.0331. The minimum absolute atomic E-state index is 0.00880. The third-order valence-electron chi connectivity index (χ3n) is 4.28. The van der Waals surface area contributed by atoms with Gasteiger partial charge in [0, 0.05) is 11.3 Å². The fraction of sp³-hybridized carbons (Fsp3) is 0.182. The molecule has 0 aliphatic rings. The number of para-hydroxylation sites is 1. The molecule has 0 spiro atoms. The van der Waals surface area contributed by atoms with Gasteiger partial charge in [-0.2, -0.15) is 0 Å². The summed E-state index contributed by atoms with van der Waals surface area (Å²) >= 11 is 1.24. The second kappa shape index (κ2) is 9.25. The largest absolute Gasteiger partial charge is 0.508 e. The first-order chi connectivity index (χ1) is 14.0. The molecule has 2 aromatic carbocycles. The van der Waals surface area contributed by atoms with Crippen LogP contribution >= 0.6 is 11.3 Å². The topological polar surface area (TPSA) is 95.9 Å². The number of carboxylic acid groups (broad SMARTS) is 1. The first-order valence-corrected chi connectivity index (χ1v) is 9.93. The summed E-state index contributed by atoms with van der Waals surface area (Å²) in [6, 6.07) is 16.6. The quantitative estimate of drug-likeness (QED) is 0.522. The predicted octanol–water partition coefficient (Wildman–Crippen LogP) is 3.95. The molecule has 6 nitrogen and oxygen atoms in total. The zero-order valence-corrected chi connectivity index (χ0v) is 16.6. The highest BCUT2D eigenvalue weighted by atomic mass is 32.1. The number of aromatic hydroxyl groups is 1.